The minimum atomic E-state index is -3.47. The number of hydrogen-bond acceptors (Lipinski definition) is 7. The number of anilines is 1. The lowest BCUT2D eigenvalue weighted by atomic mass is 9.93. The lowest BCUT2D eigenvalue weighted by Gasteiger charge is -2.44. The number of piperidine rings is 1. The van der Waals surface area contributed by atoms with Crippen molar-refractivity contribution in [1.29, 1.82) is 0 Å². The van der Waals surface area contributed by atoms with Crippen LogP contribution in [-0.2, 0) is 14.9 Å². The van der Waals surface area contributed by atoms with Crippen LogP contribution >= 0.6 is 0 Å². The van der Waals surface area contributed by atoms with E-state index in [1.807, 2.05) is 26.2 Å². The maximum absolute atomic E-state index is 12.7. The second-order valence-corrected chi connectivity index (χ2v) is 8.90. The Kier molecular flexibility index (Phi) is 6.08. The first-order chi connectivity index (χ1) is 12.4. The molecule has 3 rings (SSSR count). The molecular weight excluding hydrogens is 356 g/mol. The van der Waals surface area contributed by atoms with Crippen LogP contribution in [0.3, 0.4) is 0 Å². The fraction of sp³-hybridized carbons (Fsp3) is 0.750. The molecule has 2 aliphatic rings. The van der Waals surface area contributed by atoms with Gasteiger partial charge in [0.05, 0.1) is 6.61 Å². The first-order valence-electron chi connectivity index (χ1n) is 8.86. The van der Waals surface area contributed by atoms with Crippen LogP contribution in [0.4, 0.5) is 5.82 Å². The molecule has 0 bridgehead atoms. The average molecular weight is 385 g/mol. The van der Waals surface area contributed by atoms with Crippen molar-refractivity contribution in [2.24, 2.45) is 5.92 Å². The van der Waals surface area contributed by atoms with Crippen molar-refractivity contribution in [2.75, 3.05) is 58.9 Å². The molecule has 0 saturated carbocycles. The highest BCUT2D eigenvalue weighted by molar-refractivity contribution is 7.87. The highest BCUT2D eigenvalue weighted by Gasteiger charge is 2.40. The summed E-state index contributed by atoms with van der Waals surface area (Å²) in [4.78, 5) is 4.19. The summed E-state index contributed by atoms with van der Waals surface area (Å²) in [6.45, 7) is 2.97. The molecule has 1 aromatic rings. The van der Waals surface area contributed by atoms with Crippen molar-refractivity contribution in [3.8, 4) is 0 Å². The van der Waals surface area contributed by atoms with Crippen molar-refractivity contribution in [1.82, 2.24) is 24.1 Å². The van der Waals surface area contributed by atoms with Gasteiger partial charge in [-0.15, -0.1) is 5.10 Å². The fourth-order valence-electron chi connectivity index (χ4n) is 3.45. The van der Waals surface area contributed by atoms with Crippen LogP contribution in [0.25, 0.3) is 0 Å². The molecule has 146 valence electrons. The van der Waals surface area contributed by atoms with Gasteiger partial charge in [0, 0.05) is 57.5 Å². The first kappa shape index (κ1) is 19.4. The third kappa shape index (κ3) is 4.32. The van der Waals surface area contributed by atoms with E-state index >= 15 is 0 Å². The molecule has 0 radical (unpaired) electrons. The van der Waals surface area contributed by atoms with Gasteiger partial charge < -0.3 is 14.5 Å². The van der Waals surface area contributed by atoms with Crippen LogP contribution in [0.1, 0.15) is 6.42 Å². The molecule has 26 heavy (non-hydrogen) atoms. The molecule has 3 heterocycles. The third-order valence-corrected chi connectivity index (χ3v) is 6.77. The summed E-state index contributed by atoms with van der Waals surface area (Å²) in [5.74, 6) is 0.864. The summed E-state index contributed by atoms with van der Waals surface area (Å²) in [7, 11) is 2.12. The van der Waals surface area contributed by atoms with Gasteiger partial charge in [-0.05, 0) is 32.6 Å². The number of aromatic nitrogens is 2. The minimum absolute atomic E-state index is 0.0523. The highest BCUT2D eigenvalue weighted by atomic mass is 32.2. The maximum Gasteiger partial charge on any atom is 0.279 e. The van der Waals surface area contributed by atoms with Gasteiger partial charge in [0.15, 0.2) is 5.82 Å². The van der Waals surface area contributed by atoms with Gasteiger partial charge >= 0.3 is 0 Å². The Morgan fingerprint density at radius 2 is 2.12 bits per heavy atom. The number of ether oxygens (including phenoxy) is 1. The topological polar surface area (TPSA) is 90.9 Å². The second kappa shape index (κ2) is 8.13. The third-order valence-electron chi connectivity index (χ3n) is 5.20. The van der Waals surface area contributed by atoms with Crippen LogP contribution in [0.15, 0.2) is 18.3 Å². The normalized spacial score (nSPS) is 25.5. The molecule has 0 aromatic carbocycles. The van der Waals surface area contributed by atoms with E-state index in [4.69, 9.17) is 4.74 Å². The van der Waals surface area contributed by atoms with E-state index in [1.165, 1.54) is 4.31 Å². The number of nitrogens with one attached hydrogen (secondary N) is 1. The molecule has 0 unspecified atom stereocenters. The van der Waals surface area contributed by atoms with Gasteiger partial charge in [0.2, 0.25) is 0 Å². The zero-order valence-corrected chi connectivity index (χ0v) is 16.4. The van der Waals surface area contributed by atoms with Crippen molar-refractivity contribution in [3.63, 3.8) is 0 Å². The summed E-state index contributed by atoms with van der Waals surface area (Å²) in [5.41, 5.74) is 0. The summed E-state index contributed by atoms with van der Waals surface area (Å²) < 4.78 is 35.1. The zero-order valence-electron chi connectivity index (χ0n) is 15.6. The molecule has 1 N–H and O–H groups in total. The Morgan fingerprint density at radius 1 is 1.35 bits per heavy atom. The summed E-state index contributed by atoms with van der Waals surface area (Å²) in [5, 5.41) is 8.08. The molecular formula is C16H28N6O3S. The smallest absolute Gasteiger partial charge is 0.279 e. The molecule has 0 aliphatic carbocycles. The molecule has 2 aliphatic heterocycles. The van der Waals surface area contributed by atoms with Crippen LogP contribution < -0.4 is 9.62 Å². The number of methoxy groups -OCH3 is 1. The Labute approximate surface area is 155 Å². The Balaban J connectivity index is 1.62. The van der Waals surface area contributed by atoms with Gasteiger partial charge in [-0.25, -0.2) is 0 Å². The van der Waals surface area contributed by atoms with Gasteiger partial charge in [-0.2, -0.15) is 22.5 Å². The van der Waals surface area contributed by atoms with Gasteiger partial charge in [-0.3, -0.25) is 0 Å². The standard InChI is InChI=1S/C16H28N6O3S/c1-20(2)14-10-22(11-14)26(23,24)19-15-6-8-21(9-13(15)12-25-3)16-5-4-7-17-18-16/h4-5,7,13-15,19H,6,8-12H2,1-3H3/t13-,15-/m0/s1. The van der Waals surface area contributed by atoms with Crippen LogP contribution in [-0.4, -0.2) is 93.9 Å². The predicted molar refractivity (Wildman–Crippen MR) is 99.1 cm³/mol. The zero-order chi connectivity index (χ0) is 18.7. The van der Waals surface area contributed by atoms with E-state index in [0.717, 1.165) is 12.4 Å². The van der Waals surface area contributed by atoms with E-state index in [2.05, 4.69) is 24.7 Å². The summed E-state index contributed by atoms with van der Waals surface area (Å²) in [6.07, 6.45) is 2.35. The van der Waals surface area contributed by atoms with E-state index < -0.39 is 10.2 Å². The largest absolute Gasteiger partial charge is 0.384 e. The monoisotopic (exact) mass is 384 g/mol. The van der Waals surface area contributed by atoms with Crippen LogP contribution in [0, 0.1) is 5.92 Å². The maximum atomic E-state index is 12.7. The summed E-state index contributed by atoms with van der Waals surface area (Å²) >= 11 is 0. The number of likely N-dealkylation sites (N-methyl/N-ethyl adjacent to an activating group) is 1. The van der Waals surface area contributed by atoms with Gasteiger partial charge in [0.25, 0.3) is 10.2 Å². The highest BCUT2D eigenvalue weighted by Crippen LogP contribution is 2.24. The fourth-order valence-corrected chi connectivity index (χ4v) is 5.02. The Hall–Kier alpha value is -1.33. The SMILES string of the molecule is COC[C@@H]1CN(c2cccnn2)CC[C@@H]1NS(=O)(=O)N1CC(N(C)C)C1. The van der Waals surface area contributed by atoms with Crippen LogP contribution in [0.5, 0.6) is 0 Å². The van der Waals surface area contributed by atoms with E-state index in [-0.39, 0.29) is 12.0 Å². The first-order valence-corrected chi connectivity index (χ1v) is 10.3. The van der Waals surface area contributed by atoms with Crippen molar-refractivity contribution < 1.29 is 13.2 Å². The molecule has 2 saturated heterocycles. The van der Waals surface area contributed by atoms with Gasteiger partial charge in [-0.1, -0.05) is 0 Å². The van der Waals surface area contributed by atoms with Gasteiger partial charge in [0.1, 0.15) is 0 Å². The Morgan fingerprint density at radius 3 is 2.73 bits per heavy atom. The number of nitrogens with zero attached hydrogens (tertiary/aromatic N) is 5. The van der Waals surface area contributed by atoms with Crippen molar-refractivity contribution in [2.45, 2.75) is 18.5 Å². The lowest BCUT2D eigenvalue weighted by Crippen LogP contribution is -2.63. The predicted octanol–water partition coefficient (Wildman–Crippen LogP) is -0.602. The molecule has 0 spiro atoms. The molecule has 1 aromatic heterocycles. The Bertz CT molecular complexity index is 680. The number of hydrogen-bond donors (Lipinski definition) is 1. The molecule has 0 amide bonds. The minimum Gasteiger partial charge on any atom is -0.384 e. The number of rotatable bonds is 7. The van der Waals surface area contributed by atoms with Crippen molar-refractivity contribution >= 4 is 16.0 Å². The second-order valence-electron chi connectivity index (χ2n) is 7.20. The van der Waals surface area contributed by atoms with E-state index in [9.17, 15) is 8.42 Å². The molecule has 10 heteroatoms. The molecule has 2 atom stereocenters. The van der Waals surface area contributed by atoms with Crippen LogP contribution in [0.2, 0.25) is 0 Å². The quantitative estimate of drug-likeness (QED) is 0.671. The van der Waals surface area contributed by atoms with Crippen molar-refractivity contribution in [3.05, 3.63) is 18.3 Å². The van der Waals surface area contributed by atoms with E-state index in [0.29, 0.717) is 38.7 Å². The molecule has 9 nitrogen and oxygen atoms in total. The van der Waals surface area contributed by atoms with E-state index in [1.54, 1.807) is 13.3 Å². The summed E-state index contributed by atoms with van der Waals surface area (Å²) in [6, 6.07) is 3.92. The average Bonchev–Trinajstić information content (AvgIpc) is 2.55. The lowest BCUT2D eigenvalue weighted by molar-refractivity contribution is 0.119. The molecule has 2 fully saturated rings.